The van der Waals surface area contributed by atoms with E-state index in [1.54, 1.807) is 0 Å². The third-order valence-electron chi connectivity index (χ3n) is 2.18. The summed E-state index contributed by atoms with van der Waals surface area (Å²) < 4.78 is 1.48. The fourth-order valence-corrected chi connectivity index (χ4v) is 2.09. The molecular weight excluding hydrogens is 254 g/mol. The van der Waals surface area contributed by atoms with Gasteiger partial charge in [0, 0.05) is 6.54 Å². The molecule has 2 aromatic rings. The van der Waals surface area contributed by atoms with Crippen molar-refractivity contribution in [3.8, 4) is 5.69 Å². The van der Waals surface area contributed by atoms with Crippen LogP contribution < -0.4 is 5.73 Å². The molecule has 0 bridgehead atoms. The molecule has 0 radical (unpaired) electrons. The van der Waals surface area contributed by atoms with Crippen LogP contribution in [-0.2, 0) is 4.79 Å². The fraction of sp³-hybridized carbons (Fsp3) is 0.200. The lowest BCUT2D eigenvalue weighted by atomic mass is 10.3. The van der Waals surface area contributed by atoms with Crippen molar-refractivity contribution in [1.82, 2.24) is 20.2 Å². The zero-order valence-electron chi connectivity index (χ0n) is 9.30. The van der Waals surface area contributed by atoms with Gasteiger partial charge in [-0.05, 0) is 22.6 Å². The number of aliphatic carboxylic acids is 1. The Morgan fingerprint density at radius 2 is 2.17 bits per heavy atom. The minimum absolute atomic E-state index is 0.0155. The lowest BCUT2D eigenvalue weighted by Crippen LogP contribution is -2.26. The first kappa shape index (κ1) is 12.5. The molecule has 2 rings (SSSR count). The maximum atomic E-state index is 10.9. The summed E-state index contributed by atoms with van der Waals surface area (Å²) in [6.45, 7) is 0.0155. The number of tetrazole rings is 1. The zero-order chi connectivity index (χ0) is 13.0. The highest BCUT2D eigenvalue weighted by Crippen LogP contribution is 2.22. The number of hydrogen-bond acceptors (Lipinski definition) is 6. The summed E-state index contributed by atoms with van der Waals surface area (Å²) >= 11 is 1.03. The van der Waals surface area contributed by atoms with E-state index in [0.717, 1.165) is 17.4 Å². The molecule has 3 N–H and O–H groups in total. The molecule has 18 heavy (non-hydrogen) atoms. The van der Waals surface area contributed by atoms with Crippen molar-refractivity contribution in [3.05, 3.63) is 30.3 Å². The van der Waals surface area contributed by atoms with Gasteiger partial charge in [-0.25, -0.2) is 0 Å². The van der Waals surface area contributed by atoms with Crippen LogP contribution in [0.4, 0.5) is 0 Å². The highest BCUT2D eigenvalue weighted by Gasteiger charge is 2.21. The maximum Gasteiger partial charge on any atom is 0.318 e. The summed E-state index contributed by atoms with van der Waals surface area (Å²) in [5.74, 6) is -0.981. The van der Waals surface area contributed by atoms with Crippen LogP contribution >= 0.6 is 11.8 Å². The van der Waals surface area contributed by atoms with Crippen LogP contribution in [0.2, 0.25) is 0 Å². The van der Waals surface area contributed by atoms with Crippen LogP contribution in [0.5, 0.6) is 0 Å². The summed E-state index contributed by atoms with van der Waals surface area (Å²) in [4.78, 5) is 10.9. The number of carbonyl (C=O) groups is 1. The molecule has 1 aromatic carbocycles. The second-order valence-electron chi connectivity index (χ2n) is 3.39. The van der Waals surface area contributed by atoms with E-state index in [9.17, 15) is 4.79 Å². The van der Waals surface area contributed by atoms with Gasteiger partial charge in [0.05, 0.1) is 5.69 Å². The highest BCUT2D eigenvalue weighted by atomic mass is 32.2. The average Bonchev–Trinajstić information content (AvgIpc) is 2.84. The number of rotatable bonds is 5. The van der Waals surface area contributed by atoms with Crippen molar-refractivity contribution in [3.63, 3.8) is 0 Å². The van der Waals surface area contributed by atoms with Crippen LogP contribution in [0.15, 0.2) is 35.5 Å². The molecule has 0 aliphatic carbocycles. The van der Waals surface area contributed by atoms with Crippen LogP contribution in [0.3, 0.4) is 0 Å². The van der Waals surface area contributed by atoms with E-state index < -0.39 is 11.2 Å². The third-order valence-corrected chi connectivity index (χ3v) is 3.32. The van der Waals surface area contributed by atoms with Crippen LogP contribution in [0.1, 0.15) is 0 Å². The van der Waals surface area contributed by atoms with Gasteiger partial charge in [0.15, 0.2) is 0 Å². The molecule has 94 valence electrons. The number of aromatic nitrogens is 4. The molecule has 7 nitrogen and oxygen atoms in total. The standard InChI is InChI=1S/C10H11N5O2S/c11-6-8(9(16)17)18-10-12-13-14-15(10)7-4-2-1-3-5-7/h1-5,8H,6,11H2,(H,16,17). The smallest absolute Gasteiger partial charge is 0.318 e. The Kier molecular flexibility index (Phi) is 3.90. The summed E-state index contributed by atoms with van der Waals surface area (Å²) in [5, 5.41) is 19.8. The topological polar surface area (TPSA) is 107 Å². The first-order valence-electron chi connectivity index (χ1n) is 5.15. The van der Waals surface area contributed by atoms with Gasteiger partial charge in [-0.15, -0.1) is 5.10 Å². The Balaban J connectivity index is 2.26. The Hall–Kier alpha value is -1.93. The Morgan fingerprint density at radius 3 is 2.78 bits per heavy atom. The van der Waals surface area contributed by atoms with E-state index in [4.69, 9.17) is 10.8 Å². The third kappa shape index (κ3) is 2.66. The number of carboxylic acid groups (broad SMARTS) is 1. The highest BCUT2D eigenvalue weighted by molar-refractivity contribution is 8.00. The zero-order valence-corrected chi connectivity index (χ0v) is 10.1. The number of nitrogens with zero attached hydrogens (tertiary/aromatic N) is 4. The van der Waals surface area contributed by atoms with Crippen LogP contribution in [0.25, 0.3) is 5.69 Å². The lowest BCUT2D eigenvalue weighted by Gasteiger charge is -2.08. The predicted octanol–water partition coefficient (Wildman–Crippen LogP) is 0.166. The summed E-state index contributed by atoms with van der Waals surface area (Å²) in [7, 11) is 0. The summed E-state index contributed by atoms with van der Waals surface area (Å²) in [6.07, 6.45) is 0. The Bertz CT molecular complexity index is 530. The van der Waals surface area contributed by atoms with Crippen molar-refractivity contribution in [2.45, 2.75) is 10.4 Å². The van der Waals surface area contributed by atoms with Crippen molar-refractivity contribution in [1.29, 1.82) is 0 Å². The van der Waals surface area contributed by atoms with E-state index in [-0.39, 0.29) is 6.54 Å². The lowest BCUT2D eigenvalue weighted by molar-refractivity contribution is -0.136. The summed E-state index contributed by atoms with van der Waals surface area (Å²) in [6, 6.07) is 9.24. The minimum Gasteiger partial charge on any atom is -0.480 e. The number of para-hydroxylation sites is 1. The van der Waals surface area contributed by atoms with Crippen LogP contribution in [0, 0.1) is 0 Å². The molecule has 0 amide bonds. The van der Waals surface area contributed by atoms with E-state index in [2.05, 4.69) is 15.5 Å². The van der Waals surface area contributed by atoms with E-state index in [0.29, 0.717) is 5.16 Å². The molecular formula is C10H11N5O2S. The van der Waals surface area contributed by atoms with Gasteiger partial charge in [0.25, 0.3) is 0 Å². The minimum atomic E-state index is -0.981. The number of benzene rings is 1. The van der Waals surface area contributed by atoms with E-state index in [1.807, 2.05) is 30.3 Å². The van der Waals surface area contributed by atoms with Gasteiger partial charge in [0.1, 0.15) is 5.25 Å². The molecule has 0 spiro atoms. The van der Waals surface area contributed by atoms with Gasteiger partial charge < -0.3 is 10.8 Å². The normalized spacial score (nSPS) is 12.3. The van der Waals surface area contributed by atoms with Gasteiger partial charge >= 0.3 is 5.97 Å². The number of thioether (sulfide) groups is 1. The molecule has 1 atom stereocenters. The van der Waals surface area contributed by atoms with Gasteiger partial charge in [0.2, 0.25) is 5.16 Å². The van der Waals surface area contributed by atoms with E-state index >= 15 is 0 Å². The largest absolute Gasteiger partial charge is 0.480 e. The first-order valence-corrected chi connectivity index (χ1v) is 6.03. The SMILES string of the molecule is NCC(Sc1nnnn1-c1ccccc1)C(=O)O. The molecule has 0 fully saturated rings. The molecule has 0 aliphatic heterocycles. The Labute approximate surface area is 107 Å². The fourth-order valence-electron chi connectivity index (χ4n) is 1.31. The molecule has 0 saturated heterocycles. The monoisotopic (exact) mass is 265 g/mol. The van der Waals surface area contributed by atoms with Crippen molar-refractivity contribution < 1.29 is 9.90 Å². The maximum absolute atomic E-state index is 10.9. The molecule has 1 unspecified atom stereocenters. The predicted molar refractivity (Wildman–Crippen MR) is 65.5 cm³/mol. The number of hydrogen-bond donors (Lipinski definition) is 2. The summed E-state index contributed by atoms with van der Waals surface area (Å²) in [5.41, 5.74) is 6.17. The van der Waals surface area contributed by atoms with E-state index in [1.165, 1.54) is 4.68 Å². The van der Waals surface area contributed by atoms with Crippen molar-refractivity contribution in [2.75, 3.05) is 6.54 Å². The average molecular weight is 265 g/mol. The number of nitrogens with two attached hydrogens (primary N) is 1. The van der Waals surface area contributed by atoms with Crippen molar-refractivity contribution in [2.24, 2.45) is 5.73 Å². The van der Waals surface area contributed by atoms with Crippen LogP contribution in [-0.4, -0.2) is 43.1 Å². The molecule has 1 aromatic heterocycles. The quantitative estimate of drug-likeness (QED) is 0.742. The first-order chi connectivity index (χ1) is 8.72. The Morgan fingerprint density at radius 1 is 1.44 bits per heavy atom. The molecule has 8 heteroatoms. The van der Waals surface area contributed by atoms with Gasteiger partial charge in [-0.1, -0.05) is 30.0 Å². The molecule has 1 heterocycles. The van der Waals surface area contributed by atoms with Crippen molar-refractivity contribution >= 4 is 17.7 Å². The second kappa shape index (κ2) is 5.61. The molecule has 0 aliphatic rings. The van der Waals surface area contributed by atoms with Gasteiger partial charge in [-0.3, -0.25) is 4.79 Å². The number of carboxylic acids is 1. The van der Waals surface area contributed by atoms with Gasteiger partial charge in [-0.2, -0.15) is 4.68 Å². The second-order valence-corrected chi connectivity index (χ2v) is 4.56. The molecule has 0 saturated carbocycles.